The first-order valence-corrected chi connectivity index (χ1v) is 11.3. The molecule has 0 spiro atoms. The number of aryl methyl sites for hydroxylation is 1. The molecular weight excluding hydrogens is 388 g/mol. The molecule has 1 aliphatic heterocycles. The summed E-state index contributed by atoms with van der Waals surface area (Å²) >= 11 is 0. The summed E-state index contributed by atoms with van der Waals surface area (Å²) in [6, 6.07) is 10.4. The van der Waals surface area contributed by atoms with E-state index >= 15 is 0 Å². The van der Waals surface area contributed by atoms with Gasteiger partial charge in [-0.1, -0.05) is 44.2 Å². The Labute approximate surface area is 186 Å². The average Bonchev–Trinajstić information content (AvgIpc) is 3.01. The minimum atomic E-state index is 0.183. The maximum absolute atomic E-state index is 5.95. The topological polar surface area (TPSA) is 66.7 Å². The fraction of sp³-hybridized carbons (Fsp3) is 0.583. The fourth-order valence-electron chi connectivity index (χ4n) is 4.09. The van der Waals surface area contributed by atoms with Gasteiger partial charge < -0.3 is 15.4 Å². The predicted molar refractivity (Wildman–Crippen MR) is 126 cm³/mol. The van der Waals surface area contributed by atoms with Crippen LogP contribution in [0, 0.1) is 19.8 Å². The highest BCUT2D eigenvalue weighted by atomic mass is 16.5. The molecule has 0 bridgehead atoms. The van der Waals surface area contributed by atoms with Gasteiger partial charge in [-0.15, -0.1) is 0 Å². The summed E-state index contributed by atoms with van der Waals surface area (Å²) in [5, 5.41) is 11.6. The van der Waals surface area contributed by atoms with Gasteiger partial charge in [0.25, 0.3) is 0 Å². The molecule has 1 aromatic heterocycles. The van der Waals surface area contributed by atoms with E-state index in [1.807, 2.05) is 6.07 Å². The Morgan fingerprint density at radius 2 is 2.00 bits per heavy atom. The quantitative estimate of drug-likeness (QED) is 0.502. The highest BCUT2D eigenvalue weighted by Gasteiger charge is 2.21. The number of hydrogen-bond donors (Lipinski definition) is 2. The first-order chi connectivity index (χ1) is 15.0. The number of hydrogen-bond acceptors (Lipinski definition) is 4. The number of rotatable bonds is 8. The molecule has 2 heterocycles. The van der Waals surface area contributed by atoms with E-state index in [2.05, 4.69) is 77.2 Å². The highest BCUT2D eigenvalue weighted by molar-refractivity contribution is 5.79. The molecule has 1 atom stereocenters. The van der Waals surface area contributed by atoms with E-state index in [0.29, 0.717) is 12.5 Å². The molecule has 2 aromatic rings. The number of guanidine groups is 1. The Kier molecular flexibility index (Phi) is 8.49. The molecule has 31 heavy (non-hydrogen) atoms. The Morgan fingerprint density at radius 1 is 1.23 bits per heavy atom. The zero-order valence-electron chi connectivity index (χ0n) is 19.7. The third-order valence-electron chi connectivity index (χ3n) is 5.71. The van der Waals surface area contributed by atoms with Crippen molar-refractivity contribution in [1.29, 1.82) is 0 Å². The van der Waals surface area contributed by atoms with E-state index in [1.165, 1.54) is 16.8 Å². The molecule has 170 valence electrons. The van der Waals surface area contributed by atoms with Crippen molar-refractivity contribution in [2.45, 2.75) is 46.9 Å². The van der Waals surface area contributed by atoms with Crippen molar-refractivity contribution < 1.29 is 4.74 Å². The van der Waals surface area contributed by atoms with Crippen molar-refractivity contribution in [3.8, 4) is 0 Å². The van der Waals surface area contributed by atoms with Gasteiger partial charge in [-0.25, -0.2) is 0 Å². The molecule has 1 aromatic carbocycles. The molecule has 7 heteroatoms. The lowest BCUT2D eigenvalue weighted by Gasteiger charge is -2.34. The summed E-state index contributed by atoms with van der Waals surface area (Å²) in [7, 11) is 1.81. The third kappa shape index (κ3) is 6.80. The van der Waals surface area contributed by atoms with Crippen LogP contribution in [-0.2, 0) is 17.8 Å². The standard InChI is InChI=1S/C24H38N6O/c1-18(2)15-29-11-12-31-22(17-29)13-26-24(25-5)27-14-23-19(3)28-30(20(23)4)16-21-9-7-6-8-10-21/h6-10,18,22H,11-17H2,1-5H3,(H2,25,26,27). The van der Waals surface area contributed by atoms with E-state index < -0.39 is 0 Å². The molecule has 3 rings (SSSR count). The lowest BCUT2D eigenvalue weighted by atomic mass is 10.2. The van der Waals surface area contributed by atoms with E-state index in [1.54, 1.807) is 7.05 Å². The van der Waals surface area contributed by atoms with Gasteiger partial charge in [0.2, 0.25) is 0 Å². The molecule has 2 N–H and O–H groups in total. The number of nitrogens with one attached hydrogen (secondary N) is 2. The third-order valence-corrected chi connectivity index (χ3v) is 5.71. The molecule has 1 unspecified atom stereocenters. The van der Waals surface area contributed by atoms with Crippen LogP contribution in [0.1, 0.15) is 36.4 Å². The van der Waals surface area contributed by atoms with Gasteiger partial charge in [0.1, 0.15) is 0 Å². The van der Waals surface area contributed by atoms with Crippen molar-refractivity contribution >= 4 is 5.96 Å². The smallest absolute Gasteiger partial charge is 0.191 e. The SMILES string of the molecule is CN=C(NCc1c(C)nn(Cc2ccccc2)c1C)NCC1CN(CC(C)C)CCO1. The van der Waals surface area contributed by atoms with Gasteiger partial charge in [-0.05, 0) is 25.3 Å². The molecule has 0 amide bonds. The van der Waals surface area contributed by atoms with Crippen LogP contribution in [0.15, 0.2) is 35.3 Å². The van der Waals surface area contributed by atoms with Crippen LogP contribution in [-0.4, -0.2) is 66.6 Å². The first-order valence-electron chi connectivity index (χ1n) is 11.3. The lowest BCUT2D eigenvalue weighted by Crippen LogP contribution is -2.50. The zero-order chi connectivity index (χ0) is 22.2. The number of aromatic nitrogens is 2. The zero-order valence-corrected chi connectivity index (χ0v) is 19.7. The van der Waals surface area contributed by atoms with Gasteiger partial charge in [0.15, 0.2) is 5.96 Å². The second kappa shape index (κ2) is 11.3. The van der Waals surface area contributed by atoms with Crippen LogP contribution in [0.3, 0.4) is 0 Å². The van der Waals surface area contributed by atoms with E-state index in [9.17, 15) is 0 Å². The Bertz CT molecular complexity index is 845. The summed E-state index contributed by atoms with van der Waals surface area (Å²) < 4.78 is 8.03. The van der Waals surface area contributed by atoms with E-state index in [4.69, 9.17) is 9.84 Å². The minimum Gasteiger partial charge on any atom is -0.374 e. The maximum Gasteiger partial charge on any atom is 0.191 e. The largest absolute Gasteiger partial charge is 0.374 e. The van der Waals surface area contributed by atoms with Crippen molar-refractivity contribution in [2.75, 3.05) is 39.8 Å². The maximum atomic E-state index is 5.95. The summed E-state index contributed by atoms with van der Waals surface area (Å²) in [5.74, 6) is 1.47. The Balaban J connectivity index is 1.51. The van der Waals surface area contributed by atoms with Crippen LogP contribution in [0.5, 0.6) is 0 Å². The predicted octanol–water partition coefficient (Wildman–Crippen LogP) is 2.57. The summed E-state index contributed by atoms with van der Waals surface area (Å²) in [6.45, 7) is 14.9. The number of nitrogens with zero attached hydrogens (tertiary/aromatic N) is 4. The van der Waals surface area contributed by atoms with Gasteiger partial charge >= 0.3 is 0 Å². The molecule has 7 nitrogen and oxygen atoms in total. The van der Waals surface area contributed by atoms with Crippen molar-refractivity contribution in [2.24, 2.45) is 10.9 Å². The lowest BCUT2D eigenvalue weighted by molar-refractivity contribution is -0.0284. The highest BCUT2D eigenvalue weighted by Crippen LogP contribution is 2.15. The van der Waals surface area contributed by atoms with Crippen molar-refractivity contribution in [3.63, 3.8) is 0 Å². The summed E-state index contributed by atoms with van der Waals surface area (Å²) in [6.07, 6.45) is 0.183. The first kappa shape index (κ1) is 23.3. The molecule has 1 aliphatic rings. The van der Waals surface area contributed by atoms with Crippen molar-refractivity contribution in [1.82, 2.24) is 25.3 Å². The second-order valence-corrected chi connectivity index (χ2v) is 8.75. The summed E-state index contributed by atoms with van der Waals surface area (Å²) in [4.78, 5) is 6.88. The van der Waals surface area contributed by atoms with Gasteiger partial charge in [-0.3, -0.25) is 14.6 Å². The van der Waals surface area contributed by atoms with E-state index in [-0.39, 0.29) is 6.10 Å². The number of benzene rings is 1. The van der Waals surface area contributed by atoms with Crippen LogP contribution in [0.4, 0.5) is 0 Å². The number of morpholine rings is 1. The monoisotopic (exact) mass is 426 g/mol. The van der Waals surface area contributed by atoms with Crippen LogP contribution in [0.25, 0.3) is 0 Å². The number of aliphatic imine (C=N–C) groups is 1. The second-order valence-electron chi connectivity index (χ2n) is 8.75. The number of ether oxygens (including phenoxy) is 1. The van der Waals surface area contributed by atoms with Crippen LogP contribution < -0.4 is 10.6 Å². The van der Waals surface area contributed by atoms with E-state index in [0.717, 1.165) is 51.0 Å². The fourth-order valence-corrected chi connectivity index (χ4v) is 4.09. The molecular formula is C24H38N6O. The Morgan fingerprint density at radius 3 is 2.71 bits per heavy atom. The van der Waals surface area contributed by atoms with Crippen LogP contribution >= 0.6 is 0 Å². The minimum absolute atomic E-state index is 0.183. The average molecular weight is 427 g/mol. The summed E-state index contributed by atoms with van der Waals surface area (Å²) in [5.41, 5.74) is 4.71. The normalized spacial score (nSPS) is 17.9. The molecule has 1 saturated heterocycles. The van der Waals surface area contributed by atoms with Crippen LogP contribution in [0.2, 0.25) is 0 Å². The van der Waals surface area contributed by atoms with Gasteiger partial charge in [0, 0.05) is 51.0 Å². The molecule has 0 aliphatic carbocycles. The van der Waals surface area contributed by atoms with Gasteiger partial charge in [0.05, 0.1) is 24.9 Å². The Hall–Kier alpha value is -2.38. The molecule has 0 saturated carbocycles. The molecule has 0 radical (unpaired) electrons. The van der Waals surface area contributed by atoms with Crippen molar-refractivity contribution in [3.05, 3.63) is 52.8 Å². The molecule has 1 fully saturated rings. The van der Waals surface area contributed by atoms with Gasteiger partial charge in [-0.2, -0.15) is 5.10 Å².